The molecule has 0 radical (unpaired) electrons. The van der Waals surface area contributed by atoms with E-state index in [1.54, 1.807) is 19.1 Å². The molecule has 17 heavy (non-hydrogen) atoms. The SMILES string of the molecule is CCC(CC(=O)O)(c1cccc(F)c1)C(C)N. The van der Waals surface area contributed by atoms with Gasteiger partial charge in [-0.15, -0.1) is 0 Å². The third-order valence-corrected chi connectivity index (χ3v) is 3.37. The molecule has 2 atom stereocenters. The van der Waals surface area contributed by atoms with Crippen LogP contribution in [0.15, 0.2) is 24.3 Å². The monoisotopic (exact) mass is 239 g/mol. The molecule has 0 heterocycles. The number of carbonyl (C=O) groups is 1. The quantitative estimate of drug-likeness (QED) is 0.828. The van der Waals surface area contributed by atoms with Crippen molar-refractivity contribution in [2.45, 2.75) is 38.1 Å². The predicted octanol–water partition coefficient (Wildman–Crippen LogP) is 2.30. The molecule has 0 saturated carbocycles. The molecule has 0 amide bonds. The lowest BCUT2D eigenvalue weighted by molar-refractivity contribution is -0.138. The molecule has 0 spiro atoms. The van der Waals surface area contributed by atoms with E-state index in [1.165, 1.54) is 12.1 Å². The van der Waals surface area contributed by atoms with Gasteiger partial charge in [-0.25, -0.2) is 4.39 Å². The lowest BCUT2D eigenvalue weighted by Gasteiger charge is -2.36. The second-order valence-corrected chi connectivity index (χ2v) is 4.38. The summed E-state index contributed by atoms with van der Waals surface area (Å²) in [6.07, 6.45) is 0.463. The molecular formula is C13H18FNO2. The fourth-order valence-electron chi connectivity index (χ4n) is 2.25. The number of benzene rings is 1. The average molecular weight is 239 g/mol. The highest BCUT2D eigenvalue weighted by atomic mass is 19.1. The van der Waals surface area contributed by atoms with Crippen LogP contribution in [0.3, 0.4) is 0 Å². The lowest BCUT2D eigenvalue weighted by Crippen LogP contribution is -2.44. The molecule has 1 aromatic rings. The average Bonchev–Trinajstić information content (AvgIpc) is 2.25. The van der Waals surface area contributed by atoms with Gasteiger partial charge in [0, 0.05) is 11.5 Å². The maximum Gasteiger partial charge on any atom is 0.304 e. The van der Waals surface area contributed by atoms with Crippen LogP contribution in [0.2, 0.25) is 0 Å². The van der Waals surface area contributed by atoms with Gasteiger partial charge in [0.15, 0.2) is 0 Å². The topological polar surface area (TPSA) is 63.3 Å². The van der Waals surface area contributed by atoms with E-state index in [-0.39, 0.29) is 18.3 Å². The number of rotatable bonds is 5. The normalized spacial score (nSPS) is 16.2. The Balaban J connectivity index is 3.26. The molecule has 94 valence electrons. The van der Waals surface area contributed by atoms with Crippen molar-refractivity contribution in [3.63, 3.8) is 0 Å². The van der Waals surface area contributed by atoms with E-state index in [0.717, 1.165) is 0 Å². The molecule has 0 saturated heterocycles. The molecule has 0 aliphatic carbocycles. The minimum absolute atomic E-state index is 0.0926. The third kappa shape index (κ3) is 2.82. The molecular weight excluding hydrogens is 221 g/mol. The van der Waals surface area contributed by atoms with Crippen molar-refractivity contribution in [2.75, 3.05) is 0 Å². The smallest absolute Gasteiger partial charge is 0.304 e. The lowest BCUT2D eigenvalue weighted by atomic mass is 9.70. The first-order chi connectivity index (χ1) is 7.92. The van der Waals surface area contributed by atoms with Crippen LogP contribution in [-0.2, 0) is 10.2 Å². The minimum Gasteiger partial charge on any atom is -0.481 e. The van der Waals surface area contributed by atoms with Crippen molar-refractivity contribution in [2.24, 2.45) is 5.73 Å². The van der Waals surface area contributed by atoms with Crippen LogP contribution in [0.1, 0.15) is 32.3 Å². The van der Waals surface area contributed by atoms with Crippen molar-refractivity contribution in [1.82, 2.24) is 0 Å². The van der Waals surface area contributed by atoms with Crippen LogP contribution in [0, 0.1) is 5.82 Å². The Morgan fingerprint density at radius 3 is 2.65 bits per heavy atom. The molecule has 0 aromatic heterocycles. The third-order valence-electron chi connectivity index (χ3n) is 3.37. The van der Waals surface area contributed by atoms with Gasteiger partial charge < -0.3 is 10.8 Å². The van der Waals surface area contributed by atoms with Gasteiger partial charge in [-0.1, -0.05) is 19.1 Å². The van der Waals surface area contributed by atoms with Crippen LogP contribution in [-0.4, -0.2) is 17.1 Å². The summed E-state index contributed by atoms with van der Waals surface area (Å²) in [6, 6.07) is 5.67. The first kappa shape index (κ1) is 13.6. The zero-order chi connectivity index (χ0) is 13.1. The van der Waals surface area contributed by atoms with Gasteiger partial charge in [-0.3, -0.25) is 4.79 Å². The van der Waals surface area contributed by atoms with Gasteiger partial charge >= 0.3 is 5.97 Å². The zero-order valence-corrected chi connectivity index (χ0v) is 10.1. The van der Waals surface area contributed by atoms with E-state index in [9.17, 15) is 9.18 Å². The summed E-state index contributed by atoms with van der Waals surface area (Å²) in [7, 11) is 0. The largest absolute Gasteiger partial charge is 0.481 e. The van der Waals surface area contributed by atoms with Gasteiger partial charge in [0.2, 0.25) is 0 Å². The molecule has 0 fully saturated rings. The van der Waals surface area contributed by atoms with Gasteiger partial charge in [0.25, 0.3) is 0 Å². The van der Waals surface area contributed by atoms with Crippen LogP contribution >= 0.6 is 0 Å². The van der Waals surface area contributed by atoms with E-state index >= 15 is 0 Å². The van der Waals surface area contributed by atoms with Crippen LogP contribution < -0.4 is 5.73 Å². The van der Waals surface area contributed by atoms with Crippen molar-refractivity contribution in [1.29, 1.82) is 0 Å². The van der Waals surface area contributed by atoms with Crippen LogP contribution in [0.5, 0.6) is 0 Å². The number of halogens is 1. The summed E-state index contributed by atoms with van der Waals surface area (Å²) in [5.74, 6) is -1.29. The van der Waals surface area contributed by atoms with E-state index in [2.05, 4.69) is 0 Å². The molecule has 1 aromatic carbocycles. The van der Waals surface area contributed by atoms with Crippen molar-refractivity contribution in [3.05, 3.63) is 35.6 Å². The summed E-state index contributed by atoms with van der Waals surface area (Å²) >= 11 is 0. The highest BCUT2D eigenvalue weighted by Crippen LogP contribution is 2.34. The highest BCUT2D eigenvalue weighted by molar-refractivity contribution is 5.69. The van der Waals surface area contributed by atoms with Crippen molar-refractivity contribution >= 4 is 5.97 Å². The Bertz CT molecular complexity index is 406. The predicted molar refractivity (Wildman–Crippen MR) is 64.3 cm³/mol. The molecule has 4 heteroatoms. The van der Waals surface area contributed by atoms with E-state index in [1.807, 2.05) is 6.92 Å². The maximum absolute atomic E-state index is 13.2. The highest BCUT2D eigenvalue weighted by Gasteiger charge is 2.37. The number of nitrogens with two attached hydrogens (primary N) is 1. The summed E-state index contributed by atoms with van der Waals surface area (Å²) < 4.78 is 13.2. The molecule has 0 bridgehead atoms. The number of aliphatic carboxylic acids is 1. The van der Waals surface area contributed by atoms with Gasteiger partial charge in [-0.05, 0) is 31.0 Å². The standard InChI is InChI=1S/C13H18FNO2/c1-3-13(9(2)15,8-12(16)17)10-5-4-6-11(14)7-10/h4-7,9H,3,8,15H2,1-2H3,(H,16,17). The number of hydrogen-bond donors (Lipinski definition) is 2. The Labute approximate surface area is 100 Å². The summed E-state index contributed by atoms with van der Waals surface area (Å²) in [6.45, 7) is 3.63. The fraction of sp³-hybridized carbons (Fsp3) is 0.462. The Morgan fingerprint density at radius 1 is 1.59 bits per heavy atom. The van der Waals surface area contributed by atoms with E-state index in [4.69, 9.17) is 10.8 Å². The summed E-state index contributed by atoms with van der Waals surface area (Å²) in [5.41, 5.74) is 5.86. The fourth-order valence-corrected chi connectivity index (χ4v) is 2.25. The first-order valence-electron chi connectivity index (χ1n) is 5.66. The van der Waals surface area contributed by atoms with Crippen LogP contribution in [0.4, 0.5) is 4.39 Å². The maximum atomic E-state index is 13.2. The van der Waals surface area contributed by atoms with Gasteiger partial charge in [0.05, 0.1) is 6.42 Å². The van der Waals surface area contributed by atoms with Crippen molar-refractivity contribution < 1.29 is 14.3 Å². The molecule has 3 N–H and O–H groups in total. The summed E-state index contributed by atoms with van der Waals surface area (Å²) in [5, 5.41) is 9.01. The van der Waals surface area contributed by atoms with Gasteiger partial charge in [0.1, 0.15) is 5.82 Å². The number of hydrogen-bond acceptors (Lipinski definition) is 2. The Morgan fingerprint density at radius 2 is 2.24 bits per heavy atom. The van der Waals surface area contributed by atoms with Gasteiger partial charge in [-0.2, -0.15) is 0 Å². The second kappa shape index (κ2) is 5.27. The molecule has 0 aliphatic heterocycles. The van der Waals surface area contributed by atoms with E-state index < -0.39 is 11.4 Å². The Hall–Kier alpha value is -1.42. The number of carboxylic acids is 1. The second-order valence-electron chi connectivity index (χ2n) is 4.38. The molecule has 1 rings (SSSR count). The Kier molecular flexibility index (Phi) is 4.23. The minimum atomic E-state index is -0.923. The molecule has 3 nitrogen and oxygen atoms in total. The molecule has 0 aliphatic rings. The van der Waals surface area contributed by atoms with E-state index in [0.29, 0.717) is 12.0 Å². The van der Waals surface area contributed by atoms with Crippen molar-refractivity contribution in [3.8, 4) is 0 Å². The summed E-state index contributed by atoms with van der Waals surface area (Å²) in [4.78, 5) is 11.0. The number of carboxylic acid groups (broad SMARTS) is 1. The first-order valence-corrected chi connectivity index (χ1v) is 5.66. The molecule has 2 unspecified atom stereocenters. The zero-order valence-electron chi connectivity index (χ0n) is 10.1. The van der Waals surface area contributed by atoms with Crippen LogP contribution in [0.25, 0.3) is 0 Å².